The van der Waals surface area contributed by atoms with Gasteiger partial charge in [-0.2, -0.15) is 4.31 Å². The van der Waals surface area contributed by atoms with Crippen molar-refractivity contribution in [1.29, 1.82) is 0 Å². The lowest BCUT2D eigenvalue weighted by molar-refractivity contribution is -0.131. The Hall–Kier alpha value is -1.48. The van der Waals surface area contributed by atoms with Crippen LogP contribution >= 0.6 is 0 Å². The Morgan fingerprint density at radius 2 is 1.61 bits per heavy atom. The Bertz CT molecular complexity index is 918. The van der Waals surface area contributed by atoms with Crippen LogP contribution in [-0.2, 0) is 14.8 Å². The van der Waals surface area contributed by atoms with Crippen LogP contribution < -0.4 is 5.32 Å². The molecule has 2 saturated heterocycles. The van der Waals surface area contributed by atoms with E-state index in [1.54, 1.807) is 10.4 Å². The Morgan fingerprint density at radius 3 is 2.24 bits per heavy atom. The molecule has 33 heavy (non-hydrogen) atoms. The Morgan fingerprint density at radius 1 is 1.00 bits per heavy atom. The number of carbonyl (C=O) groups is 1. The van der Waals surface area contributed by atoms with Gasteiger partial charge in [0.25, 0.3) is 0 Å². The van der Waals surface area contributed by atoms with Crippen molar-refractivity contribution in [3.8, 4) is 0 Å². The molecule has 7 nitrogen and oxygen atoms in total. The number of nitrogens with one attached hydrogen (secondary N) is 1. The number of amides is 1. The number of rotatable bonds is 8. The van der Waals surface area contributed by atoms with Gasteiger partial charge in [0, 0.05) is 65.3 Å². The van der Waals surface area contributed by atoms with Crippen molar-refractivity contribution in [3.63, 3.8) is 0 Å². The molecule has 1 aromatic rings. The molecule has 0 radical (unpaired) electrons. The van der Waals surface area contributed by atoms with Crippen molar-refractivity contribution < 1.29 is 13.2 Å². The number of piperidine rings is 1. The van der Waals surface area contributed by atoms with E-state index in [1.807, 2.05) is 31.7 Å². The molecular formula is C25H42N4O3S. The first-order valence-electron chi connectivity index (χ1n) is 12.4. The Balaban J connectivity index is 1.77. The van der Waals surface area contributed by atoms with E-state index < -0.39 is 10.0 Å². The first-order chi connectivity index (χ1) is 15.6. The van der Waals surface area contributed by atoms with Crippen LogP contribution in [0.15, 0.2) is 17.0 Å². The summed E-state index contributed by atoms with van der Waals surface area (Å²) < 4.78 is 29.1. The number of sulfonamides is 1. The van der Waals surface area contributed by atoms with Crippen LogP contribution in [-0.4, -0.2) is 87.3 Å². The third-order valence-corrected chi connectivity index (χ3v) is 9.10. The van der Waals surface area contributed by atoms with Gasteiger partial charge in [-0.05, 0) is 61.8 Å². The number of piperazine rings is 1. The second-order valence-electron chi connectivity index (χ2n) is 10.2. The van der Waals surface area contributed by atoms with Crippen LogP contribution in [0.4, 0.5) is 0 Å². The van der Waals surface area contributed by atoms with Gasteiger partial charge in [-0.1, -0.05) is 19.9 Å². The summed E-state index contributed by atoms with van der Waals surface area (Å²) in [7, 11) is -3.70. The first kappa shape index (κ1) is 26.1. The van der Waals surface area contributed by atoms with Gasteiger partial charge in [-0.3, -0.25) is 4.79 Å². The molecule has 3 rings (SSSR count). The van der Waals surface area contributed by atoms with E-state index in [2.05, 4.69) is 24.1 Å². The van der Waals surface area contributed by atoms with E-state index >= 15 is 0 Å². The molecule has 0 unspecified atom stereocenters. The summed E-state index contributed by atoms with van der Waals surface area (Å²) in [4.78, 5) is 17.4. The quantitative estimate of drug-likeness (QED) is 0.621. The van der Waals surface area contributed by atoms with Gasteiger partial charge >= 0.3 is 0 Å². The van der Waals surface area contributed by atoms with Crippen LogP contribution in [0.3, 0.4) is 0 Å². The van der Waals surface area contributed by atoms with Crippen LogP contribution in [0.5, 0.6) is 0 Å². The second kappa shape index (κ2) is 11.3. The molecule has 1 N–H and O–H groups in total. The van der Waals surface area contributed by atoms with Crippen molar-refractivity contribution in [1.82, 2.24) is 19.4 Å². The molecule has 2 aliphatic heterocycles. The predicted molar refractivity (Wildman–Crippen MR) is 133 cm³/mol. The van der Waals surface area contributed by atoms with Crippen LogP contribution in [0, 0.1) is 32.6 Å². The number of hydrogen-bond donors (Lipinski definition) is 1. The van der Waals surface area contributed by atoms with Gasteiger partial charge in [0.1, 0.15) is 0 Å². The monoisotopic (exact) mass is 478 g/mol. The van der Waals surface area contributed by atoms with Crippen molar-refractivity contribution in [2.45, 2.75) is 52.4 Å². The van der Waals surface area contributed by atoms with E-state index in [0.717, 1.165) is 42.9 Å². The molecule has 0 aromatic heterocycles. The second-order valence-corrected chi connectivity index (χ2v) is 12.1. The topological polar surface area (TPSA) is 73.0 Å². The SMILES string of the molecule is Cc1cc(C)c(S(=O)(=O)N(CCC(=O)N2CCNCC2)CCN2C[C@H](C)C[C@H](C)C2)cc1C. The number of benzene rings is 1. The largest absolute Gasteiger partial charge is 0.340 e. The van der Waals surface area contributed by atoms with Crippen molar-refractivity contribution in [2.24, 2.45) is 11.8 Å². The molecule has 2 aliphatic rings. The highest BCUT2D eigenvalue weighted by Crippen LogP contribution is 2.25. The molecular weight excluding hydrogens is 436 g/mol. The summed E-state index contributed by atoms with van der Waals surface area (Å²) in [5, 5.41) is 3.25. The molecule has 8 heteroatoms. The highest BCUT2D eigenvalue weighted by Gasteiger charge is 2.29. The van der Waals surface area contributed by atoms with Crippen LogP contribution in [0.25, 0.3) is 0 Å². The minimum Gasteiger partial charge on any atom is -0.340 e. The summed E-state index contributed by atoms with van der Waals surface area (Å²) in [6.07, 6.45) is 1.44. The van der Waals surface area contributed by atoms with Gasteiger partial charge in [-0.25, -0.2) is 8.42 Å². The molecule has 0 bridgehead atoms. The summed E-state index contributed by atoms with van der Waals surface area (Å²) >= 11 is 0. The lowest BCUT2D eigenvalue weighted by atomic mass is 9.92. The minimum atomic E-state index is -3.70. The molecule has 0 aliphatic carbocycles. The van der Waals surface area contributed by atoms with Crippen LogP contribution in [0.1, 0.15) is 43.4 Å². The van der Waals surface area contributed by atoms with Gasteiger partial charge < -0.3 is 15.1 Å². The molecule has 2 heterocycles. The smallest absolute Gasteiger partial charge is 0.243 e. The van der Waals surface area contributed by atoms with Crippen molar-refractivity contribution in [2.75, 3.05) is 58.9 Å². The van der Waals surface area contributed by atoms with E-state index in [0.29, 0.717) is 42.9 Å². The number of likely N-dealkylation sites (tertiary alicyclic amines) is 1. The minimum absolute atomic E-state index is 0.0359. The average molecular weight is 479 g/mol. The molecule has 0 saturated carbocycles. The van der Waals surface area contributed by atoms with Gasteiger partial charge in [-0.15, -0.1) is 0 Å². The van der Waals surface area contributed by atoms with Crippen LogP contribution in [0.2, 0.25) is 0 Å². The zero-order valence-electron chi connectivity index (χ0n) is 21.1. The average Bonchev–Trinajstić information content (AvgIpc) is 2.75. The molecule has 2 atom stereocenters. The fraction of sp³-hybridized carbons (Fsp3) is 0.720. The van der Waals surface area contributed by atoms with Crippen molar-refractivity contribution in [3.05, 3.63) is 28.8 Å². The number of carbonyl (C=O) groups excluding carboxylic acids is 1. The predicted octanol–water partition coefficient (Wildman–Crippen LogP) is 2.40. The summed E-state index contributed by atoms with van der Waals surface area (Å²) in [6.45, 7) is 16.6. The standard InChI is InChI=1S/C25H42N4O3S/c1-19-14-20(2)18-27(17-19)12-13-29(9-6-25(30)28-10-7-26-8-11-28)33(31,32)24-16-22(4)21(3)15-23(24)5/h15-16,19-20,26H,6-14,17-18H2,1-5H3/t19-,20+. The third kappa shape index (κ3) is 6.78. The summed E-state index contributed by atoms with van der Waals surface area (Å²) in [5.74, 6) is 1.28. The normalized spacial score (nSPS) is 22.7. The van der Waals surface area contributed by atoms with Crippen molar-refractivity contribution >= 4 is 15.9 Å². The van der Waals surface area contributed by atoms with Gasteiger partial charge in [0.05, 0.1) is 4.90 Å². The highest BCUT2D eigenvalue weighted by molar-refractivity contribution is 7.89. The molecule has 1 aromatic carbocycles. The fourth-order valence-corrected chi connectivity index (χ4v) is 6.95. The fourth-order valence-electron chi connectivity index (χ4n) is 5.22. The zero-order valence-corrected chi connectivity index (χ0v) is 21.9. The van der Waals surface area contributed by atoms with Gasteiger partial charge in [0.2, 0.25) is 15.9 Å². The van der Waals surface area contributed by atoms with E-state index in [4.69, 9.17) is 0 Å². The summed E-state index contributed by atoms with van der Waals surface area (Å²) in [5.41, 5.74) is 2.81. The molecule has 2 fully saturated rings. The number of aryl methyl sites for hydroxylation is 3. The van der Waals surface area contributed by atoms with E-state index in [9.17, 15) is 13.2 Å². The van der Waals surface area contributed by atoms with Gasteiger partial charge in [0.15, 0.2) is 0 Å². The highest BCUT2D eigenvalue weighted by atomic mass is 32.2. The number of nitrogens with zero attached hydrogens (tertiary/aromatic N) is 3. The first-order valence-corrected chi connectivity index (χ1v) is 13.8. The lowest BCUT2D eigenvalue weighted by Crippen LogP contribution is -2.48. The Kier molecular flexibility index (Phi) is 8.95. The molecule has 1 amide bonds. The molecule has 0 spiro atoms. The maximum Gasteiger partial charge on any atom is 0.243 e. The Labute approximate surface area is 200 Å². The summed E-state index contributed by atoms with van der Waals surface area (Å²) in [6, 6.07) is 3.73. The maximum atomic E-state index is 13.8. The lowest BCUT2D eigenvalue weighted by Gasteiger charge is -2.36. The zero-order chi connectivity index (χ0) is 24.2. The van der Waals surface area contributed by atoms with E-state index in [-0.39, 0.29) is 18.9 Å². The maximum absolute atomic E-state index is 13.8. The third-order valence-electron chi connectivity index (χ3n) is 7.06. The number of hydrogen-bond acceptors (Lipinski definition) is 5. The molecule has 186 valence electrons. The van der Waals surface area contributed by atoms with E-state index in [1.165, 1.54) is 6.42 Å².